The summed E-state index contributed by atoms with van der Waals surface area (Å²) in [5, 5.41) is 3.70. The standard InChI is InChI=1S/C29H33F2N3O3S/c1-18(2)28(34-6-10-38-11-7-34)20-12-24(19(3)32-23-15-21(30)14-22(31)16-23)29-25(13-20)26(35)17-27(37-29)33-4-8-36-9-5-33/h12-17,19,32H,4-11H2,1-3H3. The van der Waals surface area contributed by atoms with Gasteiger partial charge in [0.05, 0.1) is 24.6 Å². The summed E-state index contributed by atoms with van der Waals surface area (Å²) in [5.74, 6) is 1.28. The molecule has 0 aliphatic carbocycles. The van der Waals surface area contributed by atoms with E-state index in [9.17, 15) is 13.6 Å². The molecule has 0 bridgehead atoms. The van der Waals surface area contributed by atoms with Gasteiger partial charge in [-0.1, -0.05) is 5.57 Å². The third kappa shape index (κ3) is 5.68. The van der Waals surface area contributed by atoms with Crippen molar-refractivity contribution in [3.8, 4) is 0 Å². The number of nitrogens with zero attached hydrogens (tertiary/aromatic N) is 2. The predicted octanol–water partition coefficient (Wildman–Crippen LogP) is 5.88. The van der Waals surface area contributed by atoms with Crippen LogP contribution in [0.3, 0.4) is 0 Å². The van der Waals surface area contributed by atoms with Crippen LogP contribution in [0.4, 0.5) is 20.4 Å². The maximum Gasteiger partial charge on any atom is 0.200 e. The fourth-order valence-corrected chi connectivity index (χ4v) is 6.11. The van der Waals surface area contributed by atoms with Gasteiger partial charge in [0, 0.05) is 66.8 Å². The topological polar surface area (TPSA) is 58.0 Å². The van der Waals surface area contributed by atoms with E-state index in [0.29, 0.717) is 48.8 Å². The Morgan fingerprint density at radius 2 is 1.66 bits per heavy atom. The average molecular weight is 542 g/mol. The van der Waals surface area contributed by atoms with Crippen molar-refractivity contribution in [1.82, 2.24) is 4.90 Å². The lowest BCUT2D eigenvalue weighted by Crippen LogP contribution is -2.36. The third-order valence-electron chi connectivity index (χ3n) is 6.95. The van der Waals surface area contributed by atoms with E-state index in [-0.39, 0.29) is 5.43 Å². The van der Waals surface area contributed by atoms with Crippen LogP contribution in [0.5, 0.6) is 0 Å². The summed E-state index contributed by atoms with van der Waals surface area (Å²) in [6.07, 6.45) is 0. The molecule has 5 rings (SSSR count). The highest BCUT2D eigenvalue weighted by Gasteiger charge is 2.23. The zero-order chi connectivity index (χ0) is 26.8. The maximum atomic E-state index is 13.9. The largest absolute Gasteiger partial charge is 0.440 e. The van der Waals surface area contributed by atoms with Gasteiger partial charge in [-0.2, -0.15) is 11.8 Å². The first-order chi connectivity index (χ1) is 18.3. The number of nitrogens with one attached hydrogen (secondary N) is 1. The van der Waals surface area contributed by atoms with E-state index in [2.05, 4.69) is 24.1 Å². The van der Waals surface area contributed by atoms with Crippen molar-refractivity contribution < 1.29 is 17.9 Å². The summed E-state index contributed by atoms with van der Waals surface area (Å²) in [6, 6.07) is 8.48. The van der Waals surface area contributed by atoms with Gasteiger partial charge in [0.2, 0.25) is 0 Å². The molecule has 9 heteroatoms. The Balaban J connectivity index is 1.66. The molecule has 38 heavy (non-hydrogen) atoms. The summed E-state index contributed by atoms with van der Waals surface area (Å²) in [7, 11) is 0. The van der Waals surface area contributed by atoms with Gasteiger partial charge in [0.25, 0.3) is 0 Å². The van der Waals surface area contributed by atoms with Crippen LogP contribution in [-0.2, 0) is 4.74 Å². The van der Waals surface area contributed by atoms with Crippen molar-refractivity contribution in [3.63, 3.8) is 0 Å². The van der Waals surface area contributed by atoms with Crippen molar-refractivity contribution in [1.29, 1.82) is 0 Å². The van der Waals surface area contributed by atoms with E-state index < -0.39 is 17.7 Å². The fourth-order valence-electron chi connectivity index (χ4n) is 5.21. The number of morpholine rings is 1. The lowest BCUT2D eigenvalue weighted by Gasteiger charge is -2.33. The molecule has 0 spiro atoms. The Labute approximate surface area is 225 Å². The number of benzene rings is 2. The van der Waals surface area contributed by atoms with E-state index in [0.717, 1.165) is 53.1 Å². The molecule has 1 unspecified atom stereocenters. The summed E-state index contributed by atoms with van der Waals surface area (Å²) in [6.45, 7) is 10.3. The van der Waals surface area contributed by atoms with Gasteiger partial charge in [-0.25, -0.2) is 8.78 Å². The SMILES string of the molecule is CC(C)=C(c1cc(C(C)Nc2cc(F)cc(F)c2)c2oc(N3CCOCC3)cc(=O)c2c1)N1CCSCC1. The molecule has 6 nitrogen and oxygen atoms in total. The summed E-state index contributed by atoms with van der Waals surface area (Å²) >= 11 is 1.94. The first kappa shape index (κ1) is 26.6. The molecular weight excluding hydrogens is 508 g/mol. The van der Waals surface area contributed by atoms with E-state index in [1.807, 2.05) is 35.7 Å². The van der Waals surface area contributed by atoms with Crippen LogP contribution in [0.1, 0.15) is 37.9 Å². The molecule has 1 N–H and O–H groups in total. The van der Waals surface area contributed by atoms with E-state index >= 15 is 0 Å². The van der Waals surface area contributed by atoms with Crippen molar-refractivity contribution in [3.05, 3.63) is 75.0 Å². The highest BCUT2D eigenvalue weighted by Crippen LogP contribution is 2.35. The molecule has 0 saturated carbocycles. The van der Waals surface area contributed by atoms with Crippen LogP contribution in [0.25, 0.3) is 16.7 Å². The zero-order valence-corrected chi connectivity index (χ0v) is 22.8. The van der Waals surface area contributed by atoms with Crippen LogP contribution in [0.15, 0.2) is 51.2 Å². The Hall–Kier alpha value is -3.04. The third-order valence-corrected chi connectivity index (χ3v) is 7.90. The Kier molecular flexibility index (Phi) is 7.95. The lowest BCUT2D eigenvalue weighted by molar-refractivity contribution is 0.121. The summed E-state index contributed by atoms with van der Waals surface area (Å²) in [4.78, 5) is 17.9. The van der Waals surface area contributed by atoms with Gasteiger partial charge in [-0.15, -0.1) is 0 Å². The number of ether oxygens (including phenoxy) is 1. The number of halogens is 2. The number of rotatable bonds is 6. The van der Waals surface area contributed by atoms with Gasteiger partial charge in [-0.3, -0.25) is 4.79 Å². The number of thioether (sulfide) groups is 1. The number of hydrogen-bond donors (Lipinski definition) is 1. The van der Waals surface area contributed by atoms with Crippen molar-refractivity contribution in [2.24, 2.45) is 0 Å². The van der Waals surface area contributed by atoms with E-state index in [1.165, 1.54) is 12.1 Å². The van der Waals surface area contributed by atoms with Gasteiger partial charge in [-0.05, 0) is 50.6 Å². The summed E-state index contributed by atoms with van der Waals surface area (Å²) < 4.78 is 39.8. The monoisotopic (exact) mass is 541 g/mol. The molecule has 2 saturated heterocycles. The van der Waals surface area contributed by atoms with Gasteiger partial charge in [0.1, 0.15) is 17.2 Å². The van der Waals surface area contributed by atoms with Crippen LogP contribution in [0.2, 0.25) is 0 Å². The number of fused-ring (bicyclic) bond motifs is 1. The molecule has 3 aromatic rings. The average Bonchev–Trinajstić information content (AvgIpc) is 2.89. The second-order valence-electron chi connectivity index (χ2n) is 9.96. The van der Waals surface area contributed by atoms with Crippen molar-refractivity contribution >= 4 is 40.0 Å². The molecule has 2 aromatic carbocycles. The van der Waals surface area contributed by atoms with Crippen LogP contribution in [-0.4, -0.2) is 55.8 Å². The molecule has 1 aromatic heterocycles. The molecule has 2 fully saturated rings. The van der Waals surface area contributed by atoms with Crippen LogP contribution < -0.4 is 15.6 Å². The second kappa shape index (κ2) is 11.4. The first-order valence-electron chi connectivity index (χ1n) is 13.0. The molecule has 3 heterocycles. The zero-order valence-electron chi connectivity index (χ0n) is 22.0. The molecule has 2 aliphatic rings. The van der Waals surface area contributed by atoms with E-state index in [4.69, 9.17) is 9.15 Å². The smallest absolute Gasteiger partial charge is 0.200 e. The van der Waals surface area contributed by atoms with Crippen molar-refractivity contribution in [2.75, 3.05) is 61.1 Å². The number of anilines is 2. The van der Waals surface area contributed by atoms with Gasteiger partial charge >= 0.3 is 0 Å². The van der Waals surface area contributed by atoms with E-state index in [1.54, 1.807) is 6.07 Å². The van der Waals surface area contributed by atoms with Crippen LogP contribution in [0, 0.1) is 11.6 Å². The quantitative estimate of drug-likeness (QED) is 0.418. The van der Waals surface area contributed by atoms with Crippen molar-refractivity contribution in [2.45, 2.75) is 26.8 Å². The molecule has 2 aliphatic heterocycles. The first-order valence-corrected chi connectivity index (χ1v) is 14.1. The highest BCUT2D eigenvalue weighted by atomic mass is 32.2. The molecule has 1 atom stereocenters. The lowest BCUT2D eigenvalue weighted by atomic mass is 9.97. The highest BCUT2D eigenvalue weighted by molar-refractivity contribution is 7.99. The number of allylic oxidation sites excluding steroid dienone is 1. The number of hydrogen-bond acceptors (Lipinski definition) is 7. The fraction of sp³-hybridized carbons (Fsp3) is 0.414. The predicted molar refractivity (Wildman–Crippen MR) is 151 cm³/mol. The normalized spacial score (nSPS) is 17.0. The molecule has 202 valence electrons. The Morgan fingerprint density at radius 1 is 0.974 bits per heavy atom. The molecular formula is C29H33F2N3O3S. The maximum absolute atomic E-state index is 13.9. The summed E-state index contributed by atoms with van der Waals surface area (Å²) in [5.41, 5.74) is 4.61. The molecule has 0 amide bonds. The minimum absolute atomic E-state index is 0.123. The minimum atomic E-state index is -0.658. The Morgan fingerprint density at radius 3 is 2.32 bits per heavy atom. The molecule has 0 radical (unpaired) electrons. The van der Waals surface area contributed by atoms with Gasteiger partial charge < -0.3 is 24.3 Å². The second-order valence-corrected chi connectivity index (χ2v) is 11.2. The van der Waals surface area contributed by atoms with Gasteiger partial charge in [0.15, 0.2) is 11.3 Å². The minimum Gasteiger partial charge on any atom is -0.440 e. The van der Waals surface area contributed by atoms with Crippen LogP contribution >= 0.6 is 11.8 Å². The Bertz CT molecular complexity index is 1390.